The predicted octanol–water partition coefficient (Wildman–Crippen LogP) is 0.561. The average Bonchev–Trinajstić information content (AvgIpc) is 3.17. The van der Waals surface area contributed by atoms with Gasteiger partial charge in [0.2, 0.25) is 0 Å². The molecule has 1 aromatic heterocycles. The van der Waals surface area contributed by atoms with Crippen LogP contribution in [-0.4, -0.2) is 70.1 Å². The molecule has 2 fully saturated rings. The Bertz CT molecular complexity index is 513. The summed E-state index contributed by atoms with van der Waals surface area (Å²) < 4.78 is 0. The maximum Gasteiger partial charge on any atom is 0.274 e. The molecule has 2 atom stereocenters. The molecule has 2 aliphatic rings. The first-order chi connectivity index (χ1) is 10.7. The van der Waals surface area contributed by atoms with E-state index in [9.17, 15) is 9.90 Å². The number of nitrogens with zero attached hydrogens (tertiary/aromatic N) is 4. The fourth-order valence-corrected chi connectivity index (χ4v) is 3.48. The number of aromatic nitrogens is 2. The summed E-state index contributed by atoms with van der Waals surface area (Å²) >= 11 is 0. The molecule has 1 N–H and O–H groups in total. The molecule has 3 rings (SSSR count). The molecular formula is C16H24N4O2. The van der Waals surface area contributed by atoms with Crippen molar-refractivity contribution in [3.8, 4) is 0 Å². The van der Waals surface area contributed by atoms with E-state index in [1.165, 1.54) is 12.8 Å². The van der Waals surface area contributed by atoms with Gasteiger partial charge in [0.05, 0.1) is 11.9 Å². The summed E-state index contributed by atoms with van der Waals surface area (Å²) in [6.07, 6.45) is 5.68. The van der Waals surface area contributed by atoms with Gasteiger partial charge in [-0.3, -0.25) is 9.78 Å². The van der Waals surface area contributed by atoms with Gasteiger partial charge in [-0.05, 0) is 38.8 Å². The highest BCUT2D eigenvalue weighted by molar-refractivity contribution is 5.92. The first kappa shape index (κ1) is 15.4. The molecule has 6 heteroatoms. The second-order valence-corrected chi connectivity index (χ2v) is 6.46. The summed E-state index contributed by atoms with van der Waals surface area (Å²) in [6, 6.07) is 0. The van der Waals surface area contributed by atoms with Crippen molar-refractivity contribution in [3.05, 3.63) is 23.8 Å². The zero-order valence-electron chi connectivity index (χ0n) is 13.1. The zero-order chi connectivity index (χ0) is 15.5. The largest absolute Gasteiger partial charge is 0.396 e. The number of carbonyl (C=O) groups is 1. The Morgan fingerprint density at radius 3 is 2.59 bits per heavy atom. The van der Waals surface area contributed by atoms with E-state index in [0.717, 1.165) is 25.3 Å². The van der Waals surface area contributed by atoms with Crippen LogP contribution in [0.3, 0.4) is 0 Å². The number of aliphatic hydroxyl groups excluding tert-OH is 1. The number of amides is 1. The standard InChI is InChI=1S/C16H24N4O2/c1-12-6-18-15(7-17-12)16(22)20-9-13(14(10-20)11-21)8-19-4-2-3-5-19/h6-7,13-14,21H,2-5,8-11H2,1H3/t13-,14-/m1/s1. The Balaban J connectivity index is 1.64. The Kier molecular flexibility index (Phi) is 4.69. The van der Waals surface area contributed by atoms with Crippen molar-refractivity contribution in [1.29, 1.82) is 0 Å². The minimum Gasteiger partial charge on any atom is -0.396 e. The van der Waals surface area contributed by atoms with E-state index in [1.54, 1.807) is 12.4 Å². The molecule has 0 radical (unpaired) electrons. The summed E-state index contributed by atoms with van der Waals surface area (Å²) in [5.74, 6) is 0.447. The van der Waals surface area contributed by atoms with Crippen LogP contribution in [0.15, 0.2) is 12.4 Å². The van der Waals surface area contributed by atoms with Crippen LogP contribution in [0.1, 0.15) is 29.0 Å². The molecule has 1 aromatic rings. The molecule has 3 heterocycles. The summed E-state index contributed by atoms with van der Waals surface area (Å²) in [5, 5.41) is 9.63. The lowest BCUT2D eigenvalue weighted by molar-refractivity contribution is 0.0773. The van der Waals surface area contributed by atoms with Gasteiger partial charge in [0.15, 0.2) is 0 Å². The van der Waals surface area contributed by atoms with Crippen molar-refractivity contribution in [2.45, 2.75) is 19.8 Å². The van der Waals surface area contributed by atoms with Crippen LogP contribution in [-0.2, 0) is 0 Å². The van der Waals surface area contributed by atoms with E-state index < -0.39 is 0 Å². The smallest absolute Gasteiger partial charge is 0.274 e. The van der Waals surface area contributed by atoms with E-state index >= 15 is 0 Å². The number of carbonyl (C=O) groups excluding carboxylic acids is 1. The van der Waals surface area contributed by atoms with E-state index in [1.807, 2.05) is 11.8 Å². The Morgan fingerprint density at radius 1 is 1.23 bits per heavy atom. The number of hydrogen-bond donors (Lipinski definition) is 1. The van der Waals surface area contributed by atoms with E-state index in [-0.39, 0.29) is 18.4 Å². The minimum atomic E-state index is -0.0742. The summed E-state index contributed by atoms with van der Waals surface area (Å²) in [7, 11) is 0. The molecule has 0 spiro atoms. The van der Waals surface area contributed by atoms with Gasteiger partial charge in [-0.1, -0.05) is 0 Å². The van der Waals surface area contributed by atoms with Crippen LogP contribution in [0, 0.1) is 18.8 Å². The maximum atomic E-state index is 12.5. The number of rotatable bonds is 4. The van der Waals surface area contributed by atoms with Crippen molar-refractivity contribution >= 4 is 5.91 Å². The van der Waals surface area contributed by atoms with Crippen LogP contribution in [0.25, 0.3) is 0 Å². The third-order valence-corrected chi connectivity index (χ3v) is 4.79. The molecule has 2 aliphatic heterocycles. The van der Waals surface area contributed by atoms with Crippen LogP contribution >= 0.6 is 0 Å². The zero-order valence-corrected chi connectivity index (χ0v) is 13.1. The Labute approximate surface area is 131 Å². The molecule has 22 heavy (non-hydrogen) atoms. The molecular weight excluding hydrogens is 280 g/mol. The average molecular weight is 304 g/mol. The van der Waals surface area contributed by atoms with Gasteiger partial charge in [0.25, 0.3) is 5.91 Å². The third kappa shape index (κ3) is 3.28. The molecule has 0 bridgehead atoms. The van der Waals surface area contributed by atoms with Gasteiger partial charge in [0.1, 0.15) is 5.69 Å². The minimum absolute atomic E-state index is 0.0742. The van der Waals surface area contributed by atoms with Crippen LogP contribution in [0.4, 0.5) is 0 Å². The molecule has 0 unspecified atom stereocenters. The lowest BCUT2D eigenvalue weighted by atomic mass is 9.96. The maximum absolute atomic E-state index is 12.5. The second kappa shape index (κ2) is 6.71. The highest BCUT2D eigenvalue weighted by Gasteiger charge is 2.36. The number of hydrogen-bond acceptors (Lipinski definition) is 5. The van der Waals surface area contributed by atoms with Crippen LogP contribution in [0.5, 0.6) is 0 Å². The van der Waals surface area contributed by atoms with E-state index in [2.05, 4.69) is 14.9 Å². The van der Waals surface area contributed by atoms with Crippen molar-refractivity contribution in [3.63, 3.8) is 0 Å². The van der Waals surface area contributed by atoms with Crippen molar-refractivity contribution in [2.75, 3.05) is 39.3 Å². The molecule has 1 amide bonds. The molecule has 0 aliphatic carbocycles. The fourth-order valence-electron chi connectivity index (χ4n) is 3.48. The summed E-state index contributed by atoms with van der Waals surface area (Å²) in [6.45, 7) is 6.58. The van der Waals surface area contributed by atoms with Gasteiger partial charge >= 0.3 is 0 Å². The second-order valence-electron chi connectivity index (χ2n) is 6.46. The van der Waals surface area contributed by atoms with E-state index in [4.69, 9.17) is 0 Å². The number of aliphatic hydroxyl groups is 1. The van der Waals surface area contributed by atoms with Gasteiger partial charge in [0, 0.05) is 38.4 Å². The van der Waals surface area contributed by atoms with Gasteiger partial charge < -0.3 is 14.9 Å². The summed E-state index contributed by atoms with van der Waals surface area (Å²) in [5.41, 5.74) is 1.20. The lowest BCUT2D eigenvalue weighted by Crippen LogP contribution is -2.33. The van der Waals surface area contributed by atoms with Crippen LogP contribution < -0.4 is 0 Å². The van der Waals surface area contributed by atoms with E-state index in [0.29, 0.717) is 24.7 Å². The Morgan fingerprint density at radius 2 is 1.95 bits per heavy atom. The predicted molar refractivity (Wildman–Crippen MR) is 82.4 cm³/mol. The number of likely N-dealkylation sites (tertiary alicyclic amines) is 2. The highest BCUT2D eigenvalue weighted by atomic mass is 16.3. The third-order valence-electron chi connectivity index (χ3n) is 4.79. The normalized spacial score (nSPS) is 25.8. The molecule has 2 saturated heterocycles. The summed E-state index contributed by atoms with van der Waals surface area (Å²) in [4.78, 5) is 25.1. The topological polar surface area (TPSA) is 69.6 Å². The molecule has 120 valence electrons. The highest BCUT2D eigenvalue weighted by Crippen LogP contribution is 2.26. The van der Waals surface area contributed by atoms with Crippen molar-refractivity contribution in [2.24, 2.45) is 11.8 Å². The Hall–Kier alpha value is -1.53. The molecule has 0 saturated carbocycles. The molecule has 6 nitrogen and oxygen atoms in total. The van der Waals surface area contributed by atoms with Crippen LogP contribution in [0.2, 0.25) is 0 Å². The van der Waals surface area contributed by atoms with Gasteiger partial charge in [-0.25, -0.2) is 4.98 Å². The monoisotopic (exact) mass is 304 g/mol. The van der Waals surface area contributed by atoms with Gasteiger partial charge in [-0.2, -0.15) is 0 Å². The fraction of sp³-hybridized carbons (Fsp3) is 0.688. The SMILES string of the molecule is Cc1cnc(C(=O)N2C[C@@H](CN3CCCC3)[C@@H](CO)C2)cn1. The van der Waals surface area contributed by atoms with Crippen molar-refractivity contribution in [1.82, 2.24) is 19.8 Å². The number of aryl methyl sites for hydroxylation is 1. The van der Waals surface area contributed by atoms with Gasteiger partial charge in [-0.15, -0.1) is 0 Å². The van der Waals surface area contributed by atoms with Crippen molar-refractivity contribution < 1.29 is 9.90 Å². The quantitative estimate of drug-likeness (QED) is 0.880. The lowest BCUT2D eigenvalue weighted by Gasteiger charge is -2.22. The molecule has 0 aromatic carbocycles. The first-order valence-corrected chi connectivity index (χ1v) is 8.08. The first-order valence-electron chi connectivity index (χ1n) is 8.08.